The Bertz CT molecular complexity index is 784. The van der Waals surface area contributed by atoms with Crippen LogP contribution in [-0.2, 0) is 15.7 Å². The van der Waals surface area contributed by atoms with Crippen LogP contribution in [0, 0.1) is 0 Å². The third kappa shape index (κ3) is 5.05. The van der Waals surface area contributed by atoms with E-state index in [1.807, 2.05) is 0 Å². The second kappa shape index (κ2) is 8.53. The molecule has 3 aliphatic rings. The highest BCUT2D eigenvalue weighted by Crippen LogP contribution is 2.44. The van der Waals surface area contributed by atoms with Crippen LogP contribution in [0.2, 0.25) is 0 Å². The quantitative estimate of drug-likeness (QED) is 0.822. The van der Waals surface area contributed by atoms with E-state index in [1.54, 1.807) is 0 Å². The summed E-state index contributed by atoms with van der Waals surface area (Å²) in [4.78, 5) is 17.2. The van der Waals surface area contributed by atoms with Crippen LogP contribution in [0.25, 0.3) is 0 Å². The van der Waals surface area contributed by atoms with Crippen molar-refractivity contribution in [2.75, 3.05) is 26.4 Å². The molecule has 1 saturated carbocycles. The lowest BCUT2D eigenvalue weighted by Crippen LogP contribution is -2.49. The van der Waals surface area contributed by atoms with Gasteiger partial charge in [0, 0.05) is 31.4 Å². The van der Waals surface area contributed by atoms with E-state index >= 15 is 0 Å². The highest BCUT2D eigenvalue weighted by atomic mass is 19.4. The average Bonchev–Trinajstić information content (AvgIpc) is 3.54. The van der Waals surface area contributed by atoms with Crippen LogP contribution in [0.5, 0.6) is 0 Å². The van der Waals surface area contributed by atoms with Gasteiger partial charge in [-0.3, -0.25) is 4.79 Å². The summed E-state index contributed by atoms with van der Waals surface area (Å²) >= 11 is 0. The Balaban J connectivity index is 1.55. The van der Waals surface area contributed by atoms with E-state index < -0.39 is 17.6 Å². The molecule has 1 atom stereocenters. The number of carbonyl (C=O) groups excluding carboxylic acids is 1. The summed E-state index contributed by atoms with van der Waals surface area (Å²) in [5.74, 6) is -0.477. The number of benzene rings is 1. The number of rotatable bonds is 4. The monoisotopic (exact) mass is 410 g/mol. The van der Waals surface area contributed by atoms with Gasteiger partial charge in [0.15, 0.2) is 0 Å². The summed E-state index contributed by atoms with van der Waals surface area (Å²) in [7, 11) is 0. The van der Waals surface area contributed by atoms with Crippen molar-refractivity contribution in [3.05, 3.63) is 34.9 Å². The average molecular weight is 410 g/mol. The first-order valence-electron chi connectivity index (χ1n) is 10.2. The van der Waals surface area contributed by atoms with E-state index in [4.69, 9.17) is 9.47 Å². The number of hydrogen-bond donors (Lipinski definition) is 1. The van der Waals surface area contributed by atoms with Gasteiger partial charge >= 0.3 is 6.18 Å². The van der Waals surface area contributed by atoms with Gasteiger partial charge in [0.05, 0.1) is 23.9 Å². The Hall–Kier alpha value is -1.77. The minimum absolute atomic E-state index is 0.00946. The Morgan fingerprint density at radius 3 is 2.45 bits per heavy atom. The minimum Gasteiger partial charge on any atom is -0.381 e. The first-order valence-corrected chi connectivity index (χ1v) is 10.2. The van der Waals surface area contributed by atoms with Gasteiger partial charge < -0.3 is 14.8 Å². The lowest BCUT2D eigenvalue weighted by atomic mass is 9.98. The third-order valence-corrected chi connectivity index (χ3v) is 5.73. The maximum absolute atomic E-state index is 13.1. The molecule has 2 saturated heterocycles. The van der Waals surface area contributed by atoms with Gasteiger partial charge in [-0.05, 0) is 61.8 Å². The van der Waals surface area contributed by atoms with E-state index in [2.05, 4.69) is 10.3 Å². The summed E-state index contributed by atoms with van der Waals surface area (Å²) in [5.41, 5.74) is 0.626. The molecule has 1 N–H and O–H groups in total. The van der Waals surface area contributed by atoms with Crippen molar-refractivity contribution in [2.24, 2.45) is 4.99 Å². The van der Waals surface area contributed by atoms with E-state index in [1.165, 1.54) is 6.07 Å². The second-order valence-corrected chi connectivity index (χ2v) is 7.93. The molecule has 0 unspecified atom stereocenters. The molecule has 0 aromatic heterocycles. The topological polar surface area (TPSA) is 59.9 Å². The van der Waals surface area contributed by atoms with Gasteiger partial charge in [0.2, 0.25) is 0 Å². The molecular formula is C21H25F3N2O3. The Labute approximate surface area is 167 Å². The predicted molar refractivity (Wildman–Crippen MR) is 101 cm³/mol. The van der Waals surface area contributed by atoms with E-state index in [0.29, 0.717) is 43.6 Å². The molecule has 1 amide bonds. The number of ether oxygens (including phenoxy) is 2. The standard InChI is InChI=1S/C21H25F3N2O3/c22-21(23,24)14-3-4-16(17(11-14)13-1-2-13)20(27)26-19-12-29-10-7-18(19)25-15-5-8-28-9-6-15/h3-4,11,13,15,18,25H,1-2,5-10,12H2/b26-19+/t18-/m1/s1. The molecule has 0 bridgehead atoms. The van der Waals surface area contributed by atoms with Gasteiger partial charge in [-0.1, -0.05) is 0 Å². The first kappa shape index (κ1) is 20.5. The predicted octanol–water partition coefficient (Wildman–Crippen LogP) is 3.72. The van der Waals surface area contributed by atoms with Gasteiger partial charge in [-0.2, -0.15) is 13.2 Å². The number of nitrogens with zero attached hydrogens (tertiary/aromatic N) is 1. The Kier molecular flexibility index (Phi) is 6.03. The molecule has 3 fully saturated rings. The van der Waals surface area contributed by atoms with Crippen LogP contribution in [0.3, 0.4) is 0 Å². The fourth-order valence-electron chi connectivity index (χ4n) is 3.94. The van der Waals surface area contributed by atoms with Crippen molar-refractivity contribution in [1.82, 2.24) is 5.32 Å². The summed E-state index contributed by atoms with van der Waals surface area (Å²) in [6.45, 7) is 2.26. The molecule has 4 rings (SSSR count). The molecule has 0 spiro atoms. The molecule has 0 radical (unpaired) electrons. The third-order valence-electron chi connectivity index (χ3n) is 5.73. The molecular weight excluding hydrogens is 385 g/mol. The summed E-state index contributed by atoms with van der Waals surface area (Å²) < 4.78 is 50.1. The van der Waals surface area contributed by atoms with Gasteiger partial charge in [-0.15, -0.1) is 0 Å². The van der Waals surface area contributed by atoms with Gasteiger partial charge in [-0.25, -0.2) is 4.99 Å². The lowest BCUT2D eigenvalue weighted by molar-refractivity contribution is -0.137. The maximum atomic E-state index is 13.1. The van der Waals surface area contributed by atoms with Crippen molar-refractivity contribution in [1.29, 1.82) is 0 Å². The van der Waals surface area contributed by atoms with Crippen LogP contribution in [0.1, 0.15) is 59.5 Å². The van der Waals surface area contributed by atoms with Crippen molar-refractivity contribution in [2.45, 2.75) is 56.3 Å². The fourth-order valence-corrected chi connectivity index (χ4v) is 3.94. The first-order chi connectivity index (χ1) is 13.9. The smallest absolute Gasteiger partial charge is 0.381 e. The fraction of sp³-hybridized carbons (Fsp3) is 0.619. The van der Waals surface area contributed by atoms with Crippen molar-refractivity contribution >= 4 is 11.6 Å². The van der Waals surface area contributed by atoms with Crippen molar-refractivity contribution in [3.63, 3.8) is 0 Å². The number of nitrogens with one attached hydrogen (secondary N) is 1. The Morgan fingerprint density at radius 2 is 1.76 bits per heavy atom. The van der Waals surface area contributed by atoms with E-state index in [9.17, 15) is 18.0 Å². The number of amides is 1. The minimum atomic E-state index is -4.42. The Morgan fingerprint density at radius 1 is 1.03 bits per heavy atom. The number of aliphatic imine (C=N–C) groups is 1. The lowest BCUT2D eigenvalue weighted by Gasteiger charge is -2.31. The summed E-state index contributed by atoms with van der Waals surface area (Å²) in [6.07, 6.45) is -0.296. The van der Waals surface area contributed by atoms with Crippen LogP contribution < -0.4 is 5.32 Å². The molecule has 2 aliphatic heterocycles. The van der Waals surface area contributed by atoms with Crippen LogP contribution in [0.4, 0.5) is 13.2 Å². The van der Waals surface area contributed by atoms with E-state index in [-0.39, 0.29) is 24.1 Å². The largest absolute Gasteiger partial charge is 0.416 e. The molecule has 158 valence electrons. The molecule has 8 heteroatoms. The zero-order valence-corrected chi connectivity index (χ0v) is 16.1. The highest BCUT2D eigenvalue weighted by molar-refractivity contribution is 6.07. The number of alkyl halides is 3. The molecule has 1 aromatic carbocycles. The number of hydrogen-bond acceptors (Lipinski definition) is 4. The van der Waals surface area contributed by atoms with Crippen LogP contribution >= 0.6 is 0 Å². The van der Waals surface area contributed by atoms with Gasteiger partial charge in [0.25, 0.3) is 5.91 Å². The highest BCUT2D eigenvalue weighted by Gasteiger charge is 2.35. The number of carbonyl (C=O) groups is 1. The second-order valence-electron chi connectivity index (χ2n) is 7.93. The maximum Gasteiger partial charge on any atom is 0.416 e. The van der Waals surface area contributed by atoms with Crippen molar-refractivity contribution < 1.29 is 27.4 Å². The van der Waals surface area contributed by atoms with Crippen molar-refractivity contribution in [3.8, 4) is 0 Å². The molecule has 1 aromatic rings. The molecule has 29 heavy (non-hydrogen) atoms. The number of halogens is 3. The molecule has 2 heterocycles. The zero-order chi connectivity index (χ0) is 20.4. The van der Waals surface area contributed by atoms with E-state index in [0.717, 1.165) is 37.8 Å². The normalized spacial score (nSPS) is 25.3. The van der Waals surface area contributed by atoms with Crippen LogP contribution in [-0.4, -0.2) is 50.1 Å². The summed E-state index contributed by atoms with van der Waals surface area (Å²) in [6, 6.07) is 3.59. The van der Waals surface area contributed by atoms with Gasteiger partial charge in [0.1, 0.15) is 0 Å². The zero-order valence-electron chi connectivity index (χ0n) is 16.1. The molecule has 5 nitrogen and oxygen atoms in total. The van der Waals surface area contributed by atoms with Crippen LogP contribution in [0.15, 0.2) is 23.2 Å². The summed E-state index contributed by atoms with van der Waals surface area (Å²) in [5, 5.41) is 3.55. The SMILES string of the molecule is O=C(/N=C1\COCC[C@H]1NC1CCOCC1)c1ccc(C(F)(F)F)cc1C1CC1. The molecule has 1 aliphatic carbocycles.